The van der Waals surface area contributed by atoms with Crippen LogP contribution < -0.4 is 14.9 Å². The van der Waals surface area contributed by atoms with Crippen LogP contribution in [-0.2, 0) is 11.3 Å². The van der Waals surface area contributed by atoms with Gasteiger partial charge in [-0.2, -0.15) is 0 Å². The SMILES string of the molecule is O=C(COc1ccccc1Cl)NCc1csc(=O)[nH]1. The lowest BCUT2D eigenvalue weighted by molar-refractivity contribution is -0.123. The van der Waals surface area contributed by atoms with Crippen molar-refractivity contribution in [1.82, 2.24) is 10.3 Å². The summed E-state index contributed by atoms with van der Waals surface area (Å²) in [7, 11) is 0. The van der Waals surface area contributed by atoms with Gasteiger partial charge in [-0.3, -0.25) is 9.59 Å². The number of rotatable bonds is 5. The summed E-state index contributed by atoms with van der Waals surface area (Å²) in [6, 6.07) is 6.92. The summed E-state index contributed by atoms with van der Waals surface area (Å²) in [6.45, 7) is 0.140. The van der Waals surface area contributed by atoms with Crippen LogP contribution in [0.5, 0.6) is 5.75 Å². The first kappa shape index (κ1) is 13.6. The molecule has 1 aromatic heterocycles. The number of carbonyl (C=O) groups excluding carboxylic acids is 1. The molecule has 0 spiro atoms. The van der Waals surface area contributed by atoms with Gasteiger partial charge < -0.3 is 15.0 Å². The van der Waals surface area contributed by atoms with E-state index in [2.05, 4.69) is 10.3 Å². The van der Waals surface area contributed by atoms with E-state index in [4.69, 9.17) is 16.3 Å². The van der Waals surface area contributed by atoms with E-state index in [0.717, 1.165) is 11.3 Å². The molecule has 0 aliphatic carbocycles. The largest absolute Gasteiger partial charge is 0.482 e. The average molecular weight is 299 g/mol. The molecule has 0 radical (unpaired) electrons. The highest BCUT2D eigenvalue weighted by atomic mass is 35.5. The van der Waals surface area contributed by atoms with Crippen molar-refractivity contribution in [3.8, 4) is 5.75 Å². The Morgan fingerprint density at radius 2 is 2.21 bits per heavy atom. The molecule has 100 valence electrons. The molecule has 0 bridgehead atoms. The fraction of sp³-hybridized carbons (Fsp3) is 0.167. The third-order valence-electron chi connectivity index (χ3n) is 2.24. The average Bonchev–Trinajstić information content (AvgIpc) is 2.81. The van der Waals surface area contributed by atoms with Crippen LogP contribution in [0.2, 0.25) is 5.02 Å². The van der Waals surface area contributed by atoms with Crippen molar-refractivity contribution < 1.29 is 9.53 Å². The Morgan fingerprint density at radius 1 is 1.42 bits per heavy atom. The molecule has 2 aromatic rings. The van der Waals surface area contributed by atoms with Crippen molar-refractivity contribution in [2.45, 2.75) is 6.54 Å². The fourth-order valence-electron chi connectivity index (χ4n) is 1.35. The molecule has 1 amide bonds. The van der Waals surface area contributed by atoms with Gasteiger partial charge >= 0.3 is 4.87 Å². The number of thiazole rings is 1. The van der Waals surface area contributed by atoms with Crippen LogP contribution in [0.25, 0.3) is 0 Å². The number of nitrogens with one attached hydrogen (secondary N) is 2. The summed E-state index contributed by atoms with van der Waals surface area (Å²) in [5, 5.41) is 4.75. The molecular formula is C12H11ClN2O3S. The molecular weight excluding hydrogens is 288 g/mol. The molecule has 0 saturated carbocycles. The Morgan fingerprint density at radius 3 is 2.89 bits per heavy atom. The summed E-state index contributed by atoms with van der Waals surface area (Å²) in [6.07, 6.45) is 0. The van der Waals surface area contributed by atoms with Gasteiger partial charge in [0.05, 0.1) is 11.6 Å². The summed E-state index contributed by atoms with van der Waals surface area (Å²) < 4.78 is 5.28. The second kappa shape index (κ2) is 6.40. The predicted octanol–water partition coefficient (Wildman–Crippen LogP) is 1.78. The zero-order valence-corrected chi connectivity index (χ0v) is 11.4. The second-order valence-corrected chi connectivity index (χ2v) is 4.92. The highest BCUT2D eigenvalue weighted by molar-refractivity contribution is 7.07. The number of halogens is 1. The fourth-order valence-corrected chi connectivity index (χ4v) is 2.12. The van der Waals surface area contributed by atoms with Crippen molar-refractivity contribution in [3.63, 3.8) is 0 Å². The third-order valence-corrected chi connectivity index (χ3v) is 3.27. The van der Waals surface area contributed by atoms with E-state index in [1.807, 2.05) is 0 Å². The molecule has 1 aromatic carbocycles. The summed E-state index contributed by atoms with van der Waals surface area (Å²) in [4.78, 5) is 24.9. The maximum absolute atomic E-state index is 11.5. The second-order valence-electron chi connectivity index (χ2n) is 3.67. The molecule has 1 heterocycles. The molecule has 7 heteroatoms. The van der Waals surface area contributed by atoms with Gasteiger partial charge in [-0.15, -0.1) is 0 Å². The minimum atomic E-state index is -0.285. The van der Waals surface area contributed by atoms with Crippen LogP contribution in [0.15, 0.2) is 34.4 Å². The van der Waals surface area contributed by atoms with Crippen LogP contribution in [0.4, 0.5) is 0 Å². The summed E-state index contributed by atoms with van der Waals surface area (Å²) >= 11 is 6.95. The minimum absolute atomic E-state index is 0.127. The van der Waals surface area contributed by atoms with Crippen molar-refractivity contribution >= 4 is 28.8 Å². The molecule has 5 nitrogen and oxygen atoms in total. The monoisotopic (exact) mass is 298 g/mol. The Hall–Kier alpha value is -1.79. The number of carbonyl (C=O) groups is 1. The van der Waals surface area contributed by atoms with Gasteiger partial charge in [-0.1, -0.05) is 35.1 Å². The number of hydrogen-bond acceptors (Lipinski definition) is 4. The predicted molar refractivity (Wildman–Crippen MR) is 73.7 cm³/mol. The number of aromatic amines is 1. The van der Waals surface area contributed by atoms with Crippen molar-refractivity contribution in [1.29, 1.82) is 0 Å². The van der Waals surface area contributed by atoms with Crippen LogP contribution in [0.3, 0.4) is 0 Å². The Bertz CT molecular complexity index is 623. The van der Waals surface area contributed by atoms with E-state index >= 15 is 0 Å². The van der Waals surface area contributed by atoms with E-state index in [9.17, 15) is 9.59 Å². The molecule has 0 aliphatic rings. The van der Waals surface area contributed by atoms with Crippen molar-refractivity contribution in [2.24, 2.45) is 0 Å². The number of amides is 1. The van der Waals surface area contributed by atoms with E-state index in [0.29, 0.717) is 16.5 Å². The number of aromatic nitrogens is 1. The van der Waals surface area contributed by atoms with Gasteiger partial charge in [0.2, 0.25) is 0 Å². The molecule has 0 fully saturated rings. The molecule has 0 aliphatic heterocycles. The molecule has 0 atom stereocenters. The lowest BCUT2D eigenvalue weighted by Crippen LogP contribution is -2.28. The first-order valence-corrected chi connectivity index (χ1v) is 6.71. The molecule has 19 heavy (non-hydrogen) atoms. The quantitative estimate of drug-likeness (QED) is 0.884. The molecule has 0 unspecified atom stereocenters. The van der Waals surface area contributed by atoms with Crippen LogP contribution in [-0.4, -0.2) is 17.5 Å². The van der Waals surface area contributed by atoms with Gasteiger partial charge in [-0.05, 0) is 12.1 Å². The van der Waals surface area contributed by atoms with Crippen molar-refractivity contribution in [3.05, 3.63) is 50.0 Å². The maximum Gasteiger partial charge on any atom is 0.304 e. The normalized spacial score (nSPS) is 10.2. The van der Waals surface area contributed by atoms with E-state index in [1.54, 1.807) is 29.6 Å². The summed E-state index contributed by atoms with van der Waals surface area (Å²) in [5.41, 5.74) is 0.668. The number of ether oxygens (including phenoxy) is 1. The number of H-pyrrole nitrogens is 1. The molecule has 0 saturated heterocycles. The topological polar surface area (TPSA) is 71.2 Å². The Balaban J connectivity index is 1.79. The zero-order chi connectivity index (χ0) is 13.7. The Kier molecular flexibility index (Phi) is 4.59. The van der Waals surface area contributed by atoms with Crippen molar-refractivity contribution in [2.75, 3.05) is 6.61 Å². The van der Waals surface area contributed by atoms with Crippen LogP contribution >= 0.6 is 22.9 Å². The smallest absolute Gasteiger partial charge is 0.304 e. The first-order valence-electron chi connectivity index (χ1n) is 5.46. The van der Waals surface area contributed by atoms with Gasteiger partial charge in [-0.25, -0.2) is 0 Å². The molecule has 2 N–H and O–H groups in total. The number of para-hydroxylation sites is 1. The first-order chi connectivity index (χ1) is 9.15. The number of benzene rings is 1. The highest BCUT2D eigenvalue weighted by Gasteiger charge is 2.05. The van der Waals surface area contributed by atoms with E-state index < -0.39 is 0 Å². The Labute approximate surface area is 118 Å². The summed E-state index contributed by atoms with van der Waals surface area (Å²) in [5.74, 6) is 0.176. The number of hydrogen-bond donors (Lipinski definition) is 2. The standard InChI is InChI=1S/C12H11ClN2O3S/c13-9-3-1-2-4-10(9)18-6-11(16)14-5-8-7-19-12(17)15-8/h1-4,7H,5-6H2,(H,14,16)(H,15,17). The van der Waals surface area contributed by atoms with Gasteiger partial charge in [0, 0.05) is 11.1 Å². The zero-order valence-electron chi connectivity index (χ0n) is 9.81. The molecule has 2 rings (SSSR count). The van der Waals surface area contributed by atoms with Gasteiger partial charge in [0.1, 0.15) is 5.75 Å². The lowest BCUT2D eigenvalue weighted by Gasteiger charge is -2.07. The van der Waals surface area contributed by atoms with Crippen LogP contribution in [0.1, 0.15) is 5.69 Å². The maximum atomic E-state index is 11.5. The third kappa shape index (κ3) is 4.11. The van der Waals surface area contributed by atoms with Gasteiger partial charge in [0.25, 0.3) is 5.91 Å². The highest BCUT2D eigenvalue weighted by Crippen LogP contribution is 2.22. The van der Waals surface area contributed by atoms with Crippen LogP contribution in [0, 0.1) is 0 Å². The van der Waals surface area contributed by atoms with Gasteiger partial charge in [0.15, 0.2) is 6.61 Å². The lowest BCUT2D eigenvalue weighted by atomic mass is 10.3. The minimum Gasteiger partial charge on any atom is -0.482 e. The van der Waals surface area contributed by atoms with E-state index in [-0.39, 0.29) is 23.9 Å². The van der Waals surface area contributed by atoms with E-state index in [1.165, 1.54) is 0 Å².